The molecule has 1 atom stereocenters. The standard InChI is InChI=1S/C19H22ClNO5S2/c1-12-5-6-13(20)9-18(12)28(22,23)21-7-8-27-19(21)14-10-16(25-3)17(26-4)11-15(14)24-2/h5-6,9-11,19H,7-8H2,1-4H3. The van der Waals surface area contributed by atoms with Crippen molar-refractivity contribution in [3.8, 4) is 17.2 Å². The lowest BCUT2D eigenvalue weighted by molar-refractivity contribution is 0.344. The Labute approximate surface area is 174 Å². The molecule has 1 unspecified atom stereocenters. The molecule has 0 aliphatic carbocycles. The Morgan fingerprint density at radius 2 is 1.68 bits per heavy atom. The first-order valence-electron chi connectivity index (χ1n) is 8.53. The van der Waals surface area contributed by atoms with E-state index in [1.807, 2.05) is 0 Å². The molecule has 0 saturated carbocycles. The van der Waals surface area contributed by atoms with Gasteiger partial charge in [0, 0.05) is 29.0 Å². The minimum Gasteiger partial charge on any atom is -0.496 e. The van der Waals surface area contributed by atoms with Gasteiger partial charge < -0.3 is 14.2 Å². The minimum atomic E-state index is -3.75. The third-order valence-electron chi connectivity index (χ3n) is 4.59. The summed E-state index contributed by atoms with van der Waals surface area (Å²) in [7, 11) is 0.880. The molecule has 2 aromatic carbocycles. The summed E-state index contributed by atoms with van der Waals surface area (Å²) < 4.78 is 44.6. The number of hydrogen-bond donors (Lipinski definition) is 0. The Morgan fingerprint density at radius 3 is 2.32 bits per heavy atom. The minimum absolute atomic E-state index is 0.215. The summed E-state index contributed by atoms with van der Waals surface area (Å²) in [4.78, 5) is 0.215. The second-order valence-corrected chi connectivity index (χ2v) is 9.68. The maximum absolute atomic E-state index is 13.4. The van der Waals surface area contributed by atoms with Crippen LogP contribution in [0.2, 0.25) is 5.02 Å². The van der Waals surface area contributed by atoms with Crippen LogP contribution in [0, 0.1) is 6.92 Å². The molecule has 3 rings (SSSR count). The van der Waals surface area contributed by atoms with Gasteiger partial charge in [0.25, 0.3) is 0 Å². The number of thioether (sulfide) groups is 1. The smallest absolute Gasteiger partial charge is 0.244 e. The first kappa shape index (κ1) is 21.1. The Balaban J connectivity index is 2.10. The van der Waals surface area contributed by atoms with Crippen LogP contribution in [0.25, 0.3) is 0 Å². The normalized spacial score (nSPS) is 17.5. The van der Waals surface area contributed by atoms with Crippen LogP contribution in [0.4, 0.5) is 0 Å². The average Bonchev–Trinajstić information content (AvgIpc) is 3.19. The van der Waals surface area contributed by atoms with E-state index in [2.05, 4.69) is 0 Å². The largest absolute Gasteiger partial charge is 0.496 e. The fourth-order valence-electron chi connectivity index (χ4n) is 3.17. The van der Waals surface area contributed by atoms with Crippen molar-refractivity contribution < 1.29 is 22.6 Å². The van der Waals surface area contributed by atoms with Crippen molar-refractivity contribution in [2.75, 3.05) is 33.6 Å². The number of ether oxygens (including phenoxy) is 3. The van der Waals surface area contributed by atoms with Crippen molar-refractivity contribution in [1.29, 1.82) is 0 Å². The van der Waals surface area contributed by atoms with E-state index in [1.54, 1.807) is 52.5 Å². The first-order valence-corrected chi connectivity index (χ1v) is 11.4. The number of benzene rings is 2. The fraction of sp³-hybridized carbons (Fsp3) is 0.368. The zero-order chi connectivity index (χ0) is 20.5. The fourth-order valence-corrected chi connectivity index (χ4v) is 6.91. The molecule has 1 aliphatic rings. The van der Waals surface area contributed by atoms with Crippen molar-refractivity contribution in [2.45, 2.75) is 17.2 Å². The third kappa shape index (κ3) is 3.78. The topological polar surface area (TPSA) is 65.1 Å². The molecule has 0 radical (unpaired) electrons. The van der Waals surface area contributed by atoms with Gasteiger partial charge in [-0.2, -0.15) is 4.31 Å². The van der Waals surface area contributed by atoms with E-state index >= 15 is 0 Å². The van der Waals surface area contributed by atoms with Gasteiger partial charge in [-0.05, 0) is 30.7 Å². The van der Waals surface area contributed by atoms with Crippen LogP contribution in [0.1, 0.15) is 16.5 Å². The van der Waals surface area contributed by atoms with Crippen molar-refractivity contribution in [1.82, 2.24) is 4.31 Å². The van der Waals surface area contributed by atoms with Crippen LogP contribution in [-0.4, -0.2) is 46.4 Å². The molecule has 0 bridgehead atoms. The summed E-state index contributed by atoms with van der Waals surface area (Å²) in [6.45, 7) is 2.15. The lowest BCUT2D eigenvalue weighted by atomic mass is 10.1. The van der Waals surface area contributed by atoms with Gasteiger partial charge in [0.1, 0.15) is 5.75 Å². The quantitative estimate of drug-likeness (QED) is 0.669. The second-order valence-electron chi connectivity index (χ2n) is 6.20. The van der Waals surface area contributed by atoms with E-state index < -0.39 is 15.4 Å². The molecule has 0 aromatic heterocycles. The molecule has 1 fully saturated rings. The van der Waals surface area contributed by atoms with Gasteiger partial charge in [0.2, 0.25) is 10.0 Å². The Morgan fingerprint density at radius 1 is 1.04 bits per heavy atom. The lowest BCUT2D eigenvalue weighted by Gasteiger charge is -2.26. The third-order valence-corrected chi connectivity index (χ3v) is 8.21. The molecular formula is C19H22ClNO5S2. The highest BCUT2D eigenvalue weighted by molar-refractivity contribution is 8.01. The Kier molecular flexibility index (Phi) is 6.34. The van der Waals surface area contributed by atoms with E-state index in [9.17, 15) is 8.42 Å². The van der Waals surface area contributed by atoms with E-state index in [1.165, 1.54) is 22.1 Å². The number of sulfonamides is 1. The van der Waals surface area contributed by atoms with Crippen molar-refractivity contribution in [3.05, 3.63) is 46.5 Å². The average molecular weight is 444 g/mol. The maximum atomic E-state index is 13.4. The molecule has 0 spiro atoms. The maximum Gasteiger partial charge on any atom is 0.244 e. The predicted molar refractivity (Wildman–Crippen MR) is 111 cm³/mol. The number of halogens is 1. The van der Waals surface area contributed by atoms with Crippen molar-refractivity contribution in [2.24, 2.45) is 0 Å². The highest BCUT2D eigenvalue weighted by Gasteiger charge is 2.39. The number of nitrogens with zero attached hydrogens (tertiary/aromatic N) is 1. The van der Waals surface area contributed by atoms with Gasteiger partial charge in [-0.3, -0.25) is 0 Å². The number of hydrogen-bond acceptors (Lipinski definition) is 6. The zero-order valence-electron chi connectivity index (χ0n) is 16.1. The summed E-state index contributed by atoms with van der Waals surface area (Å²) in [5.74, 6) is 2.24. The summed E-state index contributed by atoms with van der Waals surface area (Å²) in [6, 6.07) is 8.38. The molecule has 152 valence electrons. The molecule has 9 heteroatoms. The number of methoxy groups -OCH3 is 3. The van der Waals surface area contributed by atoms with Gasteiger partial charge in [0.15, 0.2) is 11.5 Å². The number of aryl methyl sites for hydroxylation is 1. The van der Waals surface area contributed by atoms with Crippen LogP contribution in [0.3, 0.4) is 0 Å². The SMILES string of the molecule is COc1cc(OC)c(C2SCCN2S(=O)(=O)c2cc(Cl)ccc2C)cc1OC. The molecule has 1 aliphatic heterocycles. The highest BCUT2D eigenvalue weighted by Crippen LogP contribution is 2.48. The highest BCUT2D eigenvalue weighted by atomic mass is 35.5. The van der Waals surface area contributed by atoms with Gasteiger partial charge in [-0.1, -0.05) is 17.7 Å². The molecule has 28 heavy (non-hydrogen) atoms. The molecular weight excluding hydrogens is 422 g/mol. The monoisotopic (exact) mass is 443 g/mol. The molecule has 1 heterocycles. The van der Waals surface area contributed by atoms with Crippen LogP contribution in [0.15, 0.2) is 35.2 Å². The number of rotatable bonds is 6. The summed E-state index contributed by atoms with van der Waals surface area (Å²) >= 11 is 7.60. The van der Waals surface area contributed by atoms with Crippen LogP contribution in [-0.2, 0) is 10.0 Å². The van der Waals surface area contributed by atoms with Crippen molar-refractivity contribution >= 4 is 33.4 Å². The summed E-state index contributed by atoms with van der Waals surface area (Å²) in [5, 5.41) is -0.0607. The Hall–Kier alpha value is -1.61. The van der Waals surface area contributed by atoms with Crippen molar-refractivity contribution in [3.63, 3.8) is 0 Å². The summed E-state index contributed by atoms with van der Waals surface area (Å²) in [5.41, 5.74) is 1.37. The van der Waals surface area contributed by atoms with Gasteiger partial charge >= 0.3 is 0 Å². The molecule has 0 amide bonds. The zero-order valence-corrected chi connectivity index (χ0v) is 18.5. The van der Waals surface area contributed by atoms with Gasteiger partial charge in [-0.15, -0.1) is 11.8 Å². The van der Waals surface area contributed by atoms with Crippen LogP contribution < -0.4 is 14.2 Å². The van der Waals surface area contributed by atoms with E-state index in [0.29, 0.717) is 45.7 Å². The lowest BCUT2D eigenvalue weighted by Crippen LogP contribution is -2.31. The van der Waals surface area contributed by atoms with E-state index in [0.717, 1.165) is 0 Å². The molecule has 0 N–H and O–H groups in total. The van der Waals surface area contributed by atoms with Gasteiger partial charge in [0.05, 0.1) is 31.6 Å². The van der Waals surface area contributed by atoms with Gasteiger partial charge in [-0.25, -0.2) is 8.42 Å². The van der Waals surface area contributed by atoms with Crippen LogP contribution in [0.5, 0.6) is 17.2 Å². The molecule has 2 aromatic rings. The van der Waals surface area contributed by atoms with E-state index in [-0.39, 0.29) is 4.90 Å². The second kappa shape index (κ2) is 8.41. The van der Waals surface area contributed by atoms with E-state index in [4.69, 9.17) is 25.8 Å². The van der Waals surface area contributed by atoms with Crippen LogP contribution >= 0.6 is 23.4 Å². The first-order chi connectivity index (χ1) is 13.3. The molecule has 1 saturated heterocycles. The Bertz CT molecular complexity index is 981. The molecule has 6 nitrogen and oxygen atoms in total. The summed E-state index contributed by atoms with van der Waals surface area (Å²) in [6.07, 6.45) is 0. The predicted octanol–water partition coefficient (Wildman–Crippen LogP) is 4.11.